The van der Waals surface area contributed by atoms with Crippen molar-refractivity contribution < 1.29 is 9.53 Å². The average molecular weight is 481 g/mol. The number of benzene rings is 1. The number of piperidine rings is 1. The summed E-state index contributed by atoms with van der Waals surface area (Å²) in [7, 11) is 2.17. The number of carbonyl (C=O) groups excluding carboxylic acids is 1. The van der Waals surface area contributed by atoms with Crippen LogP contribution >= 0.6 is 11.3 Å². The van der Waals surface area contributed by atoms with E-state index in [0.29, 0.717) is 18.2 Å². The number of fused-ring (bicyclic) bond motifs is 1. The monoisotopic (exact) mass is 480 g/mol. The van der Waals surface area contributed by atoms with Gasteiger partial charge in [-0.2, -0.15) is 4.98 Å². The Hall–Kier alpha value is -2.91. The van der Waals surface area contributed by atoms with Crippen molar-refractivity contribution in [3.8, 4) is 5.88 Å². The lowest BCUT2D eigenvalue weighted by molar-refractivity contribution is -0.132. The minimum atomic E-state index is 0.0526. The molecule has 4 heterocycles. The van der Waals surface area contributed by atoms with Crippen LogP contribution < -0.4 is 15.0 Å². The number of thiophene rings is 1. The molecule has 1 N–H and O–H groups in total. The molecule has 180 valence electrons. The summed E-state index contributed by atoms with van der Waals surface area (Å²) < 4.78 is 7.31. The van der Waals surface area contributed by atoms with Crippen molar-refractivity contribution in [3.63, 3.8) is 0 Å². The number of aromatic nitrogens is 2. The van der Waals surface area contributed by atoms with Gasteiger partial charge in [-0.05, 0) is 42.8 Å². The Bertz CT molecular complexity index is 1120. The first-order valence-corrected chi connectivity index (χ1v) is 13.0. The molecule has 2 aliphatic rings. The van der Waals surface area contributed by atoms with Gasteiger partial charge in [0.25, 0.3) is 0 Å². The molecule has 0 saturated carbocycles. The minimum absolute atomic E-state index is 0.0526. The highest BCUT2D eigenvalue weighted by Crippen LogP contribution is 2.32. The van der Waals surface area contributed by atoms with Crippen LogP contribution in [0.4, 0.5) is 17.3 Å². The molecule has 5 rings (SSSR count). The lowest BCUT2D eigenvalue weighted by Gasteiger charge is -2.34. The molecule has 0 radical (unpaired) electrons. The molecule has 8 nitrogen and oxygen atoms in total. The fraction of sp³-hybridized carbons (Fsp3) is 0.480. The Morgan fingerprint density at radius 2 is 1.79 bits per heavy atom. The number of ether oxygens (including phenoxy) is 1. The Morgan fingerprint density at radius 1 is 1.06 bits per heavy atom. The molecule has 3 aromatic rings. The standard InChI is InChI=1S/C25H32N6O2S/c1-3-22(32)31-11-8-20(9-12-31)33-24-23-21(10-17-34-23)27-25(28-24)26-18-4-6-19(7-5-18)30-15-13-29(2)14-16-30/h4-7,10,17,20H,3,8-9,11-16H2,1-2H3,(H,26,27,28). The van der Waals surface area contributed by atoms with E-state index in [4.69, 9.17) is 14.7 Å². The molecule has 2 saturated heterocycles. The summed E-state index contributed by atoms with van der Waals surface area (Å²) in [5.74, 6) is 1.37. The summed E-state index contributed by atoms with van der Waals surface area (Å²) in [5.41, 5.74) is 3.07. The van der Waals surface area contributed by atoms with Crippen molar-refractivity contribution in [2.24, 2.45) is 0 Å². The van der Waals surface area contributed by atoms with Crippen molar-refractivity contribution >= 4 is 44.8 Å². The number of piperazine rings is 1. The molecule has 2 aliphatic heterocycles. The average Bonchev–Trinajstić information content (AvgIpc) is 3.34. The van der Waals surface area contributed by atoms with Gasteiger partial charge in [-0.15, -0.1) is 11.3 Å². The molecular weight excluding hydrogens is 448 g/mol. The van der Waals surface area contributed by atoms with Gasteiger partial charge < -0.3 is 24.8 Å². The maximum atomic E-state index is 12.0. The van der Waals surface area contributed by atoms with Gasteiger partial charge in [-0.25, -0.2) is 4.98 Å². The molecule has 2 fully saturated rings. The van der Waals surface area contributed by atoms with E-state index in [1.54, 1.807) is 11.3 Å². The van der Waals surface area contributed by atoms with E-state index in [-0.39, 0.29) is 12.0 Å². The van der Waals surface area contributed by atoms with Gasteiger partial charge in [0.15, 0.2) is 0 Å². The maximum Gasteiger partial charge on any atom is 0.236 e. The largest absolute Gasteiger partial charge is 0.473 e. The van der Waals surface area contributed by atoms with Crippen LogP contribution in [-0.4, -0.2) is 78.1 Å². The second-order valence-electron chi connectivity index (χ2n) is 9.00. The van der Waals surface area contributed by atoms with Crippen LogP contribution in [0.15, 0.2) is 35.7 Å². The van der Waals surface area contributed by atoms with Gasteiger partial charge in [0.2, 0.25) is 17.7 Å². The van der Waals surface area contributed by atoms with E-state index in [1.165, 1.54) is 5.69 Å². The van der Waals surface area contributed by atoms with Crippen LogP contribution in [-0.2, 0) is 4.79 Å². The topological polar surface area (TPSA) is 73.8 Å². The molecule has 0 spiro atoms. The molecule has 0 aliphatic carbocycles. The third-order valence-corrected chi connectivity index (χ3v) is 7.53. The van der Waals surface area contributed by atoms with E-state index in [9.17, 15) is 4.79 Å². The third-order valence-electron chi connectivity index (χ3n) is 6.64. The summed E-state index contributed by atoms with van der Waals surface area (Å²) in [6.45, 7) is 7.66. The first kappa shape index (κ1) is 22.9. The zero-order valence-electron chi connectivity index (χ0n) is 19.9. The Morgan fingerprint density at radius 3 is 2.50 bits per heavy atom. The maximum absolute atomic E-state index is 12.0. The highest BCUT2D eigenvalue weighted by Gasteiger charge is 2.24. The number of carbonyl (C=O) groups is 1. The minimum Gasteiger partial charge on any atom is -0.473 e. The Balaban J connectivity index is 1.27. The number of rotatable bonds is 6. The number of hydrogen-bond acceptors (Lipinski definition) is 8. The van der Waals surface area contributed by atoms with Crippen LogP contribution in [0.3, 0.4) is 0 Å². The molecule has 9 heteroatoms. The third kappa shape index (κ3) is 5.10. The molecule has 0 atom stereocenters. The first-order valence-electron chi connectivity index (χ1n) is 12.1. The van der Waals surface area contributed by atoms with Crippen molar-refractivity contribution in [3.05, 3.63) is 35.7 Å². The number of anilines is 3. The van der Waals surface area contributed by atoms with Crippen LogP contribution in [0.5, 0.6) is 5.88 Å². The fourth-order valence-electron chi connectivity index (χ4n) is 4.53. The SMILES string of the molecule is CCC(=O)N1CCC(Oc2nc(Nc3ccc(N4CCN(C)CC4)cc3)nc3ccsc23)CC1. The van der Waals surface area contributed by atoms with E-state index in [0.717, 1.165) is 68.0 Å². The number of hydrogen-bond donors (Lipinski definition) is 1. The number of likely N-dealkylation sites (tertiary alicyclic amines) is 1. The van der Waals surface area contributed by atoms with Crippen LogP contribution in [0.2, 0.25) is 0 Å². The molecule has 0 unspecified atom stereocenters. The van der Waals surface area contributed by atoms with Crippen LogP contribution in [0.1, 0.15) is 26.2 Å². The molecule has 1 amide bonds. The van der Waals surface area contributed by atoms with E-state index < -0.39 is 0 Å². The van der Waals surface area contributed by atoms with E-state index in [1.807, 2.05) is 23.3 Å². The predicted molar refractivity (Wildman–Crippen MR) is 137 cm³/mol. The normalized spacial score (nSPS) is 17.8. The number of nitrogens with zero attached hydrogens (tertiary/aromatic N) is 5. The molecule has 34 heavy (non-hydrogen) atoms. The smallest absolute Gasteiger partial charge is 0.236 e. The first-order chi connectivity index (χ1) is 16.6. The van der Waals surface area contributed by atoms with Gasteiger partial charge in [0, 0.05) is 69.9 Å². The van der Waals surface area contributed by atoms with Crippen LogP contribution in [0.25, 0.3) is 10.2 Å². The summed E-state index contributed by atoms with van der Waals surface area (Å²) in [6, 6.07) is 10.5. The van der Waals surface area contributed by atoms with E-state index >= 15 is 0 Å². The lowest BCUT2D eigenvalue weighted by atomic mass is 10.1. The van der Waals surface area contributed by atoms with Gasteiger partial charge in [-0.1, -0.05) is 6.92 Å². The predicted octanol–water partition coefficient (Wildman–Crippen LogP) is 3.97. The van der Waals surface area contributed by atoms with Crippen molar-refractivity contribution in [1.82, 2.24) is 19.8 Å². The van der Waals surface area contributed by atoms with Gasteiger partial charge >= 0.3 is 0 Å². The highest BCUT2D eigenvalue weighted by atomic mass is 32.1. The van der Waals surface area contributed by atoms with E-state index in [2.05, 4.69) is 46.4 Å². The fourth-order valence-corrected chi connectivity index (χ4v) is 5.29. The second kappa shape index (κ2) is 10.1. The number of likely N-dealkylation sites (N-methyl/N-ethyl adjacent to an activating group) is 1. The summed E-state index contributed by atoms with van der Waals surface area (Å²) in [6.07, 6.45) is 2.24. The quantitative estimate of drug-likeness (QED) is 0.572. The number of nitrogens with one attached hydrogen (secondary N) is 1. The molecule has 1 aromatic carbocycles. The molecule has 2 aromatic heterocycles. The van der Waals surface area contributed by atoms with Crippen molar-refractivity contribution in [2.45, 2.75) is 32.3 Å². The molecule has 0 bridgehead atoms. The summed E-state index contributed by atoms with van der Waals surface area (Å²) in [4.78, 5) is 28.1. The zero-order valence-corrected chi connectivity index (χ0v) is 20.7. The Labute approximate surface area is 204 Å². The number of amides is 1. The van der Waals surface area contributed by atoms with Crippen molar-refractivity contribution in [2.75, 3.05) is 56.5 Å². The molecular formula is C25H32N6O2S. The van der Waals surface area contributed by atoms with Gasteiger partial charge in [-0.3, -0.25) is 4.79 Å². The van der Waals surface area contributed by atoms with Gasteiger partial charge in [0.1, 0.15) is 10.8 Å². The summed E-state index contributed by atoms with van der Waals surface area (Å²) >= 11 is 1.59. The van der Waals surface area contributed by atoms with Gasteiger partial charge in [0.05, 0.1) is 5.52 Å². The second-order valence-corrected chi connectivity index (χ2v) is 9.92. The highest BCUT2D eigenvalue weighted by molar-refractivity contribution is 7.17. The zero-order chi connectivity index (χ0) is 23.5. The van der Waals surface area contributed by atoms with Crippen molar-refractivity contribution in [1.29, 1.82) is 0 Å². The summed E-state index contributed by atoms with van der Waals surface area (Å²) in [5, 5.41) is 5.37. The lowest BCUT2D eigenvalue weighted by Crippen LogP contribution is -2.44. The van der Waals surface area contributed by atoms with Crippen LogP contribution in [0, 0.1) is 0 Å². The Kier molecular flexibility index (Phi) is 6.82.